The van der Waals surface area contributed by atoms with E-state index in [0.29, 0.717) is 11.3 Å². The van der Waals surface area contributed by atoms with Crippen LogP contribution < -0.4 is 0 Å². The molecule has 0 radical (unpaired) electrons. The molecular weight excluding hydrogens is 152 g/mol. The minimum atomic E-state index is 0.0861. The third-order valence-electron chi connectivity index (χ3n) is 2.80. The number of rotatable bonds is 1. The molecule has 0 aromatic carbocycles. The second-order valence-corrected chi connectivity index (χ2v) is 4.76. The topological polar surface area (TPSA) is 29.5 Å². The molecule has 0 bridgehead atoms. The lowest BCUT2D eigenvalue weighted by molar-refractivity contribution is -0.0579. The molecule has 1 rings (SSSR count). The van der Waals surface area contributed by atoms with Crippen LogP contribution in [-0.4, -0.2) is 24.4 Å². The Labute approximate surface area is 74.9 Å². The molecule has 1 aliphatic heterocycles. The number of aliphatic hydroxyl groups is 1. The zero-order valence-electron chi connectivity index (χ0n) is 8.34. The predicted octanol–water partition coefficient (Wildman–Crippen LogP) is 1.82. The zero-order valence-corrected chi connectivity index (χ0v) is 8.34. The SMILES string of the molecule is CC(C)(C)C1CCOC(CO)C1. The van der Waals surface area contributed by atoms with Gasteiger partial charge in [-0.3, -0.25) is 0 Å². The molecule has 1 N–H and O–H groups in total. The zero-order chi connectivity index (χ0) is 9.19. The Bertz CT molecular complexity index is 137. The first-order valence-electron chi connectivity index (χ1n) is 4.76. The molecule has 2 atom stereocenters. The highest BCUT2D eigenvalue weighted by Gasteiger charge is 2.30. The van der Waals surface area contributed by atoms with E-state index in [0.717, 1.165) is 19.4 Å². The van der Waals surface area contributed by atoms with Crippen molar-refractivity contribution in [3.8, 4) is 0 Å². The van der Waals surface area contributed by atoms with E-state index in [9.17, 15) is 0 Å². The summed E-state index contributed by atoms with van der Waals surface area (Å²) in [6.45, 7) is 7.77. The molecule has 0 aliphatic carbocycles. The largest absolute Gasteiger partial charge is 0.394 e. The Morgan fingerprint density at radius 3 is 2.58 bits per heavy atom. The van der Waals surface area contributed by atoms with Gasteiger partial charge in [0, 0.05) is 6.61 Å². The molecule has 2 nitrogen and oxygen atoms in total. The lowest BCUT2D eigenvalue weighted by atomic mass is 9.75. The van der Waals surface area contributed by atoms with Crippen LogP contribution in [0.15, 0.2) is 0 Å². The molecule has 1 fully saturated rings. The monoisotopic (exact) mass is 172 g/mol. The molecule has 2 unspecified atom stereocenters. The van der Waals surface area contributed by atoms with Gasteiger partial charge in [-0.05, 0) is 24.2 Å². The minimum absolute atomic E-state index is 0.0861. The maximum Gasteiger partial charge on any atom is 0.0808 e. The molecule has 1 saturated heterocycles. The van der Waals surface area contributed by atoms with Gasteiger partial charge in [0.15, 0.2) is 0 Å². The Balaban J connectivity index is 2.46. The fourth-order valence-corrected chi connectivity index (χ4v) is 1.79. The first-order chi connectivity index (χ1) is 5.54. The molecule has 0 saturated carbocycles. The van der Waals surface area contributed by atoms with Crippen molar-refractivity contribution in [2.75, 3.05) is 13.2 Å². The van der Waals surface area contributed by atoms with Crippen molar-refractivity contribution in [1.82, 2.24) is 0 Å². The van der Waals surface area contributed by atoms with Crippen LogP contribution in [0.25, 0.3) is 0 Å². The normalized spacial score (nSPS) is 32.0. The van der Waals surface area contributed by atoms with Gasteiger partial charge in [0.1, 0.15) is 0 Å². The van der Waals surface area contributed by atoms with E-state index in [1.807, 2.05) is 0 Å². The van der Waals surface area contributed by atoms with E-state index in [4.69, 9.17) is 9.84 Å². The van der Waals surface area contributed by atoms with Crippen LogP contribution in [0.1, 0.15) is 33.6 Å². The third-order valence-corrected chi connectivity index (χ3v) is 2.80. The van der Waals surface area contributed by atoms with E-state index in [2.05, 4.69) is 20.8 Å². The summed E-state index contributed by atoms with van der Waals surface area (Å²) in [5.74, 6) is 0.698. The molecule has 2 heteroatoms. The second kappa shape index (κ2) is 3.75. The molecule has 0 spiro atoms. The maximum absolute atomic E-state index is 8.95. The fourth-order valence-electron chi connectivity index (χ4n) is 1.79. The van der Waals surface area contributed by atoms with Crippen LogP contribution in [0, 0.1) is 11.3 Å². The van der Waals surface area contributed by atoms with Crippen LogP contribution in [0.4, 0.5) is 0 Å². The standard InChI is InChI=1S/C10H20O2/c1-10(2,3)8-4-5-12-9(6-8)7-11/h8-9,11H,4-7H2,1-3H3. The van der Waals surface area contributed by atoms with Crippen molar-refractivity contribution < 1.29 is 9.84 Å². The van der Waals surface area contributed by atoms with Crippen LogP contribution in [-0.2, 0) is 4.74 Å². The summed E-state index contributed by atoms with van der Waals surface area (Å²) < 4.78 is 5.40. The lowest BCUT2D eigenvalue weighted by Crippen LogP contribution is -2.34. The molecule has 1 heterocycles. The van der Waals surface area contributed by atoms with E-state index >= 15 is 0 Å². The van der Waals surface area contributed by atoms with Gasteiger partial charge >= 0.3 is 0 Å². The maximum atomic E-state index is 8.95. The first kappa shape index (κ1) is 10.0. The smallest absolute Gasteiger partial charge is 0.0808 e. The van der Waals surface area contributed by atoms with Gasteiger partial charge in [0.25, 0.3) is 0 Å². The summed E-state index contributed by atoms with van der Waals surface area (Å²) in [5, 5.41) is 8.95. The minimum Gasteiger partial charge on any atom is -0.394 e. The average Bonchev–Trinajstić information content (AvgIpc) is 2.03. The first-order valence-corrected chi connectivity index (χ1v) is 4.76. The van der Waals surface area contributed by atoms with Gasteiger partial charge in [-0.25, -0.2) is 0 Å². The second-order valence-electron chi connectivity index (χ2n) is 4.76. The van der Waals surface area contributed by atoms with Gasteiger partial charge < -0.3 is 9.84 Å². The van der Waals surface area contributed by atoms with Crippen molar-refractivity contribution in [3.63, 3.8) is 0 Å². The highest BCUT2D eigenvalue weighted by molar-refractivity contribution is 4.80. The van der Waals surface area contributed by atoms with Gasteiger partial charge in [-0.1, -0.05) is 20.8 Å². The molecule has 1 aliphatic rings. The number of hydrogen-bond acceptors (Lipinski definition) is 2. The summed E-state index contributed by atoms with van der Waals surface area (Å²) >= 11 is 0. The third kappa shape index (κ3) is 2.46. The van der Waals surface area contributed by atoms with E-state index in [1.165, 1.54) is 0 Å². The Morgan fingerprint density at radius 2 is 2.08 bits per heavy atom. The van der Waals surface area contributed by atoms with Gasteiger partial charge in [-0.2, -0.15) is 0 Å². The van der Waals surface area contributed by atoms with Gasteiger partial charge in [0.2, 0.25) is 0 Å². The van der Waals surface area contributed by atoms with Crippen LogP contribution in [0.5, 0.6) is 0 Å². The Morgan fingerprint density at radius 1 is 1.42 bits per heavy atom. The average molecular weight is 172 g/mol. The van der Waals surface area contributed by atoms with Crippen molar-refractivity contribution in [2.24, 2.45) is 11.3 Å². The van der Waals surface area contributed by atoms with E-state index in [-0.39, 0.29) is 12.7 Å². The predicted molar refractivity (Wildman–Crippen MR) is 49.0 cm³/mol. The summed E-state index contributed by atoms with van der Waals surface area (Å²) in [5.41, 5.74) is 0.358. The van der Waals surface area contributed by atoms with Gasteiger partial charge in [0.05, 0.1) is 12.7 Å². The molecule has 12 heavy (non-hydrogen) atoms. The van der Waals surface area contributed by atoms with E-state index < -0.39 is 0 Å². The fraction of sp³-hybridized carbons (Fsp3) is 1.00. The molecule has 0 aromatic heterocycles. The van der Waals surface area contributed by atoms with Crippen molar-refractivity contribution >= 4 is 0 Å². The number of ether oxygens (including phenoxy) is 1. The van der Waals surface area contributed by atoms with Crippen LogP contribution in [0.3, 0.4) is 0 Å². The van der Waals surface area contributed by atoms with Crippen molar-refractivity contribution in [2.45, 2.75) is 39.7 Å². The molecule has 72 valence electrons. The Kier molecular flexibility index (Phi) is 3.13. The highest BCUT2D eigenvalue weighted by Crippen LogP contribution is 2.35. The van der Waals surface area contributed by atoms with Crippen LogP contribution in [0.2, 0.25) is 0 Å². The van der Waals surface area contributed by atoms with Crippen molar-refractivity contribution in [3.05, 3.63) is 0 Å². The number of hydrogen-bond donors (Lipinski definition) is 1. The van der Waals surface area contributed by atoms with Gasteiger partial charge in [-0.15, -0.1) is 0 Å². The van der Waals surface area contributed by atoms with E-state index in [1.54, 1.807) is 0 Å². The van der Waals surface area contributed by atoms with Crippen LogP contribution >= 0.6 is 0 Å². The lowest BCUT2D eigenvalue weighted by Gasteiger charge is -2.37. The highest BCUT2D eigenvalue weighted by atomic mass is 16.5. The van der Waals surface area contributed by atoms with Crippen molar-refractivity contribution in [1.29, 1.82) is 0 Å². The molecular formula is C10H20O2. The summed E-state index contributed by atoms with van der Waals surface area (Å²) in [6.07, 6.45) is 2.24. The number of aliphatic hydroxyl groups excluding tert-OH is 1. The molecule has 0 amide bonds. The Hall–Kier alpha value is -0.0800. The molecule has 0 aromatic rings. The summed E-state index contributed by atoms with van der Waals surface area (Å²) in [4.78, 5) is 0. The quantitative estimate of drug-likeness (QED) is 0.653. The summed E-state index contributed by atoms with van der Waals surface area (Å²) in [6, 6.07) is 0. The summed E-state index contributed by atoms with van der Waals surface area (Å²) in [7, 11) is 0.